The monoisotopic (exact) mass is 237 g/mol. The smallest absolute Gasteiger partial charge is 0.231 e. The fraction of sp³-hybridized carbons (Fsp3) is 0.200. The molecule has 0 spiro atoms. The van der Waals surface area contributed by atoms with Gasteiger partial charge < -0.3 is 14.8 Å². The van der Waals surface area contributed by atoms with E-state index in [1.165, 1.54) is 0 Å². The average Bonchev–Trinajstić information content (AvgIpc) is 2.72. The van der Waals surface area contributed by atoms with Gasteiger partial charge in [0.15, 0.2) is 11.5 Å². The van der Waals surface area contributed by atoms with Crippen LogP contribution in [0.2, 0.25) is 5.28 Å². The number of rotatable bonds is 1. The minimum absolute atomic E-state index is 0.204. The zero-order valence-corrected chi connectivity index (χ0v) is 9.21. The van der Waals surface area contributed by atoms with E-state index in [9.17, 15) is 0 Å². The normalized spacial score (nSPS) is 13.1. The van der Waals surface area contributed by atoms with Gasteiger partial charge in [-0.1, -0.05) is 0 Å². The number of halogens is 1. The van der Waals surface area contributed by atoms with Gasteiger partial charge in [-0.3, -0.25) is 0 Å². The first-order valence-electron chi connectivity index (χ1n) is 4.72. The minimum Gasteiger partial charge on any atom is -0.454 e. The van der Waals surface area contributed by atoms with E-state index in [2.05, 4.69) is 15.3 Å². The number of fused-ring (bicyclic) bond motifs is 2. The molecule has 1 aliphatic heterocycles. The molecule has 82 valence electrons. The van der Waals surface area contributed by atoms with E-state index in [-0.39, 0.29) is 12.1 Å². The summed E-state index contributed by atoms with van der Waals surface area (Å²) in [7, 11) is 1.78. The van der Waals surface area contributed by atoms with Crippen molar-refractivity contribution in [2.75, 3.05) is 19.2 Å². The summed E-state index contributed by atoms with van der Waals surface area (Å²) in [6.07, 6.45) is 0. The first kappa shape index (κ1) is 9.47. The highest BCUT2D eigenvalue weighted by Crippen LogP contribution is 2.37. The maximum atomic E-state index is 5.82. The second-order valence-electron chi connectivity index (χ2n) is 3.31. The van der Waals surface area contributed by atoms with Gasteiger partial charge in [-0.15, -0.1) is 0 Å². The summed E-state index contributed by atoms with van der Waals surface area (Å²) in [6, 6.07) is 3.64. The van der Waals surface area contributed by atoms with Crippen LogP contribution in [0.25, 0.3) is 10.9 Å². The molecule has 0 saturated carbocycles. The van der Waals surface area contributed by atoms with Crippen LogP contribution in [0.1, 0.15) is 0 Å². The Bertz CT molecular complexity index is 573. The molecular formula is C10H8ClN3O2. The van der Waals surface area contributed by atoms with E-state index in [1.807, 2.05) is 6.07 Å². The van der Waals surface area contributed by atoms with Crippen molar-refractivity contribution < 1.29 is 9.47 Å². The second-order valence-corrected chi connectivity index (χ2v) is 3.65. The molecule has 0 aliphatic carbocycles. The molecule has 2 heterocycles. The van der Waals surface area contributed by atoms with Crippen LogP contribution < -0.4 is 14.8 Å². The van der Waals surface area contributed by atoms with Crippen LogP contribution >= 0.6 is 11.6 Å². The fourth-order valence-electron chi connectivity index (χ4n) is 1.68. The highest BCUT2D eigenvalue weighted by molar-refractivity contribution is 6.28. The standard InChI is InChI=1S/C10H8ClN3O2/c1-12-9-5-2-7-8(16-4-15-7)3-6(5)13-10(11)14-9/h2-3H,4H2,1H3,(H,12,13,14). The number of aromatic nitrogens is 2. The third-order valence-electron chi connectivity index (χ3n) is 2.40. The SMILES string of the molecule is CNc1nc(Cl)nc2cc3c(cc12)OCO3. The van der Waals surface area contributed by atoms with Gasteiger partial charge >= 0.3 is 0 Å². The number of ether oxygens (including phenoxy) is 2. The Kier molecular flexibility index (Phi) is 2.00. The molecule has 0 atom stereocenters. The van der Waals surface area contributed by atoms with Crippen molar-refractivity contribution in [1.29, 1.82) is 0 Å². The van der Waals surface area contributed by atoms with Crippen molar-refractivity contribution in [1.82, 2.24) is 9.97 Å². The zero-order chi connectivity index (χ0) is 11.1. The molecule has 0 fully saturated rings. The molecule has 1 aromatic carbocycles. The molecular weight excluding hydrogens is 230 g/mol. The minimum atomic E-state index is 0.204. The molecule has 2 aromatic rings. The zero-order valence-electron chi connectivity index (χ0n) is 8.45. The lowest BCUT2D eigenvalue weighted by molar-refractivity contribution is 0.174. The predicted octanol–water partition coefficient (Wildman–Crippen LogP) is 2.05. The lowest BCUT2D eigenvalue weighted by atomic mass is 10.2. The molecule has 0 amide bonds. The largest absolute Gasteiger partial charge is 0.454 e. The third-order valence-corrected chi connectivity index (χ3v) is 2.57. The van der Waals surface area contributed by atoms with Gasteiger partial charge in [-0.25, -0.2) is 9.97 Å². The van der Waals surface area contributed by atoms with Gasteiger partial charge in [-0.2, -0.15) is 0 Å². The van der Waals surface area contributed by atoms with Crippen LogP contribution in [0, 0.1) is 0 Å². The van der Waals surface area contributed by atoms with Crippen LogP contribution in [-0.4, -0.2) is 23.8 Å². The quantitative estimate of drug-likeness (QED) is 0.770. The Morgan fingerprint density at radius 3 is 2.75 bits per heavy atom. The highest BCUT2D eigenvalue weighted by atomic mass is 35.5. The summed E-state index contributed by atoms with van der Waals surface area (Å²) in [4.78, 5) is 8.23. The molecule has 0 radical (unpaired) electrons. The summed E-state index contributed by atoms with van der Waals surface area (Å²) < 4.78 is 10.6. The van der Waals surface area contributed by atoms with E-state index >= 15 is 0 Å². The van der Waals surface area contributed by atoms with E-state index in [0.29, 0.717) is 17.3 Å². The molecule has 6 heteroatoms. The molecule has 3 rings (SSSR count). The molecule has 0 saturated heterocycles. The van der Waals surface area contributed by atoms with Crippen molar-refractivity contribution >= 4 is 28.3 Å². The molecule has 1 aliphatic rings. The van der Waals surface area contributed by atoms with Crippen LogP contribution in [-0.2, 0) is 0 Å². The lowest BCUT2D eigenvalue weighted by Gasteiger charge is -2.06. The van der Waals surface area contributed by atoms with Gasteiger partial charge in [0.25, 0.3) is 0 Å². The van der Waals surface area contributed by atoms with Crippen molar-refractivity contribution in [2.24, 2.45) is 0 Å². The van der Waals surface area contributed by atoms with E-state index < -0.39 is 0 Å². The maximum Gasteiger partial charge on any atom is 0.231 e. The summed E-state index contributed by atoms with van der Waals surface area (Å²) in [5.74, 6) is 2.06. The lowest BCUT2D eigenvalue weighted by Crippen LogP contribution is -1.96. The van der Waals surface area contributed by atoms with Crippen molar-refractivity contribution in [3.05, 3.63) is 17.4 Å². The first-order chi connectivity index (χ1) is 7.78. The first-order valence-corrected chi connectivity index (χ1v) is 5.10. The molecule has 5 nitrogen and oxygen atoms in total. The van der Waals surface area contributed by atoms with Gasteiger partial charge in [0.05, 0.1) is 5.52 Å². The predicted molar refractivity (Wildman–Crippen MR) is 60.2 cm³/mol. The Labute approximate surface area is 96.4 Å². The Morgan fingerprint density at radius 2 is 2.00 bits per heavy atom. The van der Waals surface area contributed by atoms with Crippen molar-refractivity contribution in [3.63, 3.8) is 0 Å². The van der Waals surface area contributed by atoms with Gasteiger partial charge in [0.1, 0.15) is 5.82 Å². The second kappa shape index (κ2) is 3.38. The summed E-state index contributed by atoms with van der Waals surface area (Å²) in [6.45, 7) is 0.238. The number of nitrogens with zero attached hydrogens (tertiary/aromatic N) is 2. The molecule has 1 aromatic heterocycles. The Hall–Kier alpha value is -1.75. The van der Waals surface area contributed by atoms with Crippen LogP contribution in [0.4, 0.5) is 5.82 Å². The van der Waals surface area contributed by atoms with Gasteiger partial charge in [-0.05, 0) is 17.7 Å². The average molecular weight is 238 g/mol. The van der Waals surface area contributed by atoms with Crippen LogP contribution in [0.3, 0.4) is 0 Å². The van der Waals surface area contributed by atoms with Gasteiger partial charge in [0.2, 0.25) is 12.1 Å². The summed E-state index contributed by atoms with van der Waals surface area (Å²) in [5.41, 5.74) is 0.730. The van der Waals surface area contributed by atoms with Gasteiger partial charge in [0, 0.05) is 18.5 Å². The number of anilines is 1. The number of hydrogen-bond acceptors (Lipinski definition) is 5. The molecule has 1 N–H and O–H groups in total. The topological polar surface area (TPSA) is 56.3 Å². The summed E-state index contributed by atoms with van der Waals surface area (Å²) >= 11 is 5.82. The molecule has 16 heavy (non-hydrogen) atoms. The van der Waals surface area contributed by atoms with E-state index in [1.54, 1.807) is 13.1 Å². The molecule has 0 unspecified atom stereocenters. The highest BCUT2D eigenvalue weighted by Gasteiger charge is 2.17. The Morgan fingerprint density at radius 1 is 1.25 bits per heavy atom. The Balaban J connectivity index is 2.34. The fourth-order valence-corrected chi connectivity index (χ4v) is 1.86. The van der Waals surface area contributed by atoms with Crippen molar-refractivity contribution in [2.45, 2.75) is 0 Å². The number of nitrogens with one attached hydrogen (secondary N) is 1. The number of benzene rings is 1. The van der Waals surface area contributed by atoms with Crippen molar-refractivity contribution in [3.8, 4) is 11.5 Å². The van der Waals surface area contributed by atoms with E-state index in [4.69, 9.17) is 21.1 Å². The van der Waals surface area contributed by atoms with E-state index in [0.717, 1.165) is 10.9 Å². The van der Waals surface area contributed by atoms with Crippen LogP contribution in [0.5, 0.6) is 11.5 Å². The number of hydrogen-bond donors (Lipinski definition) is 1. The van der Waals surface area contributed by atoms with Crippen LogP contribution in [0.15, 0.2) is 12.1 Å². The summed E-state index contributed by atoms with van der Waals surface area (Å²) in [5, 5.41) is 4.03. The maximum absolute atomic E-state index is 5.82. The third kappa shape index (κ3) is 1.32. The molecule has 0 bridgehead atoms.